The van der Waals surface area contributed by atoms with Crippen LogP contribution in [0.2, 0.25) is 0 Å². The molecule has 35 heavy (non-hydrogen) atoms. The average Bonchev–Trinajstić information content (AvgIpc) is 3.23. The number of fused-ring (bicyclic) bond motifs is 3. The standard InChI is InChI=1S/C28H29N3O2S2/c1-18(2)30(20-12-5-4-6-13-20)24(32)17-34-28-29-26-25(21-14-8-10-16-23(21)35-26)27(33)31(28)22-15-9-7-11-19(22)3/h4-7,9,11-13,15,18H,8,10,14,16-17H2,1-3H3. The fourth-order valence-electron chi connectivity index (χ4n) is 4.82. The van der Waals surface area contributed by atoms with Gasteiger partial charge in [-0.05, 0) is 75.8 Å². The fourth-order valence-corrected chi connectivity index (χ4v) is 6.99. The maximum atomic E-state index is 14.0. The molecule has 0 bridgehead atoms. The molecule has 0 spiro atoms. The van der Waals surface area contributed by atoms with Gasteiger partial charge in [-0.25, -0.2) is 4.98 Å². The second-order valence-corrected chi connectivity index (χ2v) is 11.2. The number of rotatable bonds is 6. The van der Waals surface area contributed by atoms with Crippen LogP contribution in [0.1, 0.15) is 42.7 Å². The van der Waals surface area contributed by atoms with Crippen molar-refractivity contribution in [2.45, 2.75) is 57.7 Å². The van der Waals surface area contributed by atoms with Crippen LogP contribution in [-0.4, -0.2) is 27.3 Å². The first-order valence-corrected chi connectivity index (χ1v) is 13.9. The van der Waals surface area contributed by atoms with Gasteiger partial charge in [-0.15, -0.1) is 11.3 Å². The van der Waals surface area contributed by atoms with Crippen molar-refractivity contribution in [3.63, 3.8) is 0 Å². The van der Waals surface area contributed by atoms with Crippen molar-refractivity contribution in [2.24, 2.45) is 0 Å². The van der Waals surface area contributed by atoms with Crippen LogP contribution in [0.25, 0.3) is 15.9 Å². The van der Waals surface area contributed by atoms with Crippen molar-refractivity contribution in [3.05, 3.63) is 81.0 Å². The van der Waals surface area contributed by atoms with Crippen LogP contribution in [0.5, 0.6) is 0 Å². The number of carbonyl (C=O) groups is 1. The van der Waals surface area contributed by atoms with E-state index in [2.05, 4.69) is 0 Å². The molecule has 0 aliphatic heterocycles. The van der Waals surface area contributed by atoms with Gasteiger partial charge in [0.15, 0.2) is 5.16 Å². The van der Waals surface area contributed by atoms with Crippen molar-refractivity contribution in [1.82, 2.24) is 9.55 Å². The third-order valence-corrected chi connectivity index (χ3v) is 8.57. The molecule has 1 aliphatic rings. The summed E-state index contributed by atoms with van der Waals surface area (Å²) in [6.07, 6.45) is 4.22. The van der Waals surface area contributed by atoms with E-state index in [0.717, 1.165) is 52.8 Å². The van der Waals surface area contributed by atoms with Gasteiger partial charge in [-0.1, -0.05) is 48.2 Å². The highest BCUT2D eigenvalue weighted by atomic mass is 32.2. The molecule has 1 amide bonds. The number of anilines is 1. The molecule has 2 aromatic heterocycles. The van der Waals surface area contributed by atoms with E-state index in [0.29, 0.717) is 5.16 Å². The molecule has 4 aromatic rings. The van der Waals surface area contributed by atoms with E-state index in [1.54, 1.807) is 15.9 Å². The van der Waals surface area contributed by atoms with Gasteiger partial charge in [-0.2, -0.15) is 0 Å². The molecular formula is C28H29N3O2S2. The zero-order valence-corrected chi connectivity index (χ0v) is 21.9. The van der Waals surface area contributed by atoms with Gasteiger partial charge in [0.05, 0.1) is 16.8 Å². The third-order valence-electron chi connectivity index (χ3n) is 6.46. The van der Waals surface area contributed by atoms with E-state index in [4.69, 9.17) is 4.98 Å². The minimum absolute atomic E-state index is 0.00708. The van der Waals surface area contributed by atoms with Crippen LogP contribution >= 0.6 is 23.1 Å². The molecule has 0 saturated carbocycles. The maximum Gasteiger partial charge on any atom is 0.267 e. The topological polar surface area (TPSA) is 55.2 Å². The lowest BCUT2D eigenvalue weighted by molar-refractivity contribution is -0.116. The summed E-state index contributed by atoms with van der Waals surface area (Å²) in [6.45, 7) is 6.03. The predicted octanol–water partition coefficient (Wildman–Crippen LogP) is 6.17. The maximum absolute atomic E-state index is 14.0. The Balaban J connectivity index is 1.58. The zero-order chi connectivity index (χ0) is 24.5. The van der Waals surface area contributed by atoms with Crippen molar-refractivity contribution in [3.8, 4) is 5.69 Å². The molecule has 2 heterocycles. The highest BCUT2D eigenvalue weighted by molar-refractivity contribution is 7.99. The van der Waals surface area contributed by atoms with Gasteiger partial charge in [0.1, 0.15) is 4.83 Å². The van der Waals surface area contributed by atoms with Gasteiger partial charge in [0, 0.05) is 16.6 Å². The van der Waals surface area contributed by atoms with Crippen molar-refractivity contribution in [2.75, 3.05) is 10.7 Å². The van der Waals surface area contributed by atoms with E-state index < -0.39 is 0 Å². The van der Waals surface area contributed by atoms with E-state index in [9.17, 15) is 9.59 Å². The summed E-state index contributed by atoms with van der Waals surface area (Å²) in [4.78, 5) is 36.2. The molecule has 0 saturated heterocycles. The average molecular weight is 504 g/mol. The summed E-state index contributed by atoms with van der Waals surface area (Å²) < 4.78 is 1.72. The first-order valence-electron chi connectivity index (χ1n) is 12.1. The molecule has 5 nitrogen and oxygen atoms in total. The molecule has 2 aromatic carbocycles. The molecule has 0 unspecified atom stereocenters. The molecule has 1 aliphatic carbocycles. The number of nitrogens with zero attached hydrogens (tertiary/aromatic N) is 3. The molecule has 5 rings (SSSR count). The van der Waals surface area contributed by atoms with Gasteiger partial charge in [-0.3, -0.25) is 14.2 Å². The fraction of sp³-hybridized carbons (Fsp3) is 0.321. The quantitative estimate of drug-likeness (QED) is 0.233. The summed E-state index contributed by atoms with van der Waals surface area (Å²) in [5.74, 6) is 0.189. The van der Waals surface area contributed by atoms with Crippen LogP contribution in [0.3, 0.4) is 0 Å². The first-order chi connectivity index (χ1) is 17.0. The molecule has 0 atom stereocenters. The molecule has 0 radical (unpaired) electrons. The normalized spacial score (nSPS) is 13.3. The minimum atomic E-state index is -0.0255. The Morgan fingerprint density at radius 2 is 1.80 bits per heavy atom. The molecular weight excluding hydrogens is 474 g/mol. The summed E-state index contributed by atoms with van der Waals surface area (Å²) >= 11 is 2.99. The Morgan fingerprint density at radius 3 is 2.54 bits per heavy atom. The minimum Gasteiger partial charge on any atom is -0.309 e. The Hall–Kier alpha value is -2.90. The number of thioether (sulfide) groups is 1. The Kier molecular flexibility index (Phi) is 6.80. The largest absolute Gasteiger partial charge is 0.309 e. The van der Waals surface area contributed by atoms with E-state index in [1.165, 1.54) is 22.2 Å². The second kappa shape index (κ2) is 9.99. The van der Waals surface area contributed by atoms with Crippen LogP contribution < -0.4 is 10.5 Å². The summed E-state index contributed by atoms with van der Waals surface area (Å²) in [5.41, 5.74) is 3.85. The lowest BCUT2D eigenvalue weighted by atomic mass is 9.97. The number of thiophene rings is 1. The van der Waals surface area contributed by atoms with E-state index >= 15 is 0 Å². The number of amides is 1. The van der Waals surface area contributed by atoms with Crippen molar-refractivity contribution >= 4 is 44.9 Å². The van der Waals surface area contributed by atoms with Crippen LogP contribution in [0.15, 0.2) is 64.5 Å². The molecule has 0 fully saturated rings. The number of aryl methyl sites for hydroxylation is 3. The summed E-state index contributed by atoms with van der Waals surface area (Å²) in [5, 5.41) is 1.33. The highest BCUT2D eigenvalue weighted by Gasteiger charge is 2.25. The monoisotopic (exact) mass is 503 g/mol. The number of aromatic nitrogens is 2. The van der Waals surface area contributed by atoms with Crippen molar-refractivity contribution < 1.29 is 4.79 Å². The lowest BCUT2D eigenvalue weighted by Gasteiger charge is -2.27. The second-order valence-electron chi connectivity index (χ2n) is 9.19. The number of benzene rings is 2. The number of para-hydroxylation sites is 2. The predicted molar refractivity (Wildman–Crippen MR) is 146 cm³/mol. The molecule has 180 valence electrons. The Morgan fingerprint density at radius 1 is 1.09 bits per heavy atom. The highest BCUT2D eigenvalue weighted by Crippen LogP contribution is 2.35. The SMILES string of the molecule is Cc1ccccc1-n1c(SCC(=O)N(c2ccccc2)C(C)C)nc2sc3c(c2c1=O)CCCC3. The summed E-state index contributed by atoms with van der Waals surface area (Å²) in [7, 11) is 0. The Labute approximate surface area is 213 Å². The summed E-state index contributed by atoms with van der Waals surface area (Å²) in [6, 6.07) is 17.6. The molecule has 7 heteroatoms. The van der Waals surface area contributed by atoms with Gasteiger partial charge in [0.2, 0.25) is 5.91 Å². The smallest absolute Gasteiger partial charge is 0.267 e. The van der Waals surface area contributed by atoms with Crippen LogP contribution in [-0.2, 0) is 17.6 Å². The van der Waals surface area contributed by atoms with E-state index in [1.807, 2.05) is 80.3 Å². The molecule has 0 N–H and O–H groups in total. The van der Waals surface area contributed by atoms with Gasteiger partial charge in [0.25, 0.3) is 5.56 Å². The number of hydrogen-bond acceptors (Lipinski definition) is 5. The zero-order valence-electron chi connectivity index (χ0n) is 20.3. The first kappa shape index (κ1) is 23.8. The number of carbonyl (C=O) groups excluding carboxylic acids is 1. The van der Waals surface area contributed by atoms with Crippen molar-refractivity contribution in [1.29, 1.82) is 0 Å². The van der Waals surface area contributed by atoms with E-state index in [-0.39, 0.29) is 23.3 Å². The lowest BCUT2D eigenvalue weighted by Crippen LogP contribution is -2.38. The Bertz CT molecular complexity index is 1440. The van der Waals surface area contributed by atoms with Crippen LogP contribution in [0.4, 0.5) is 5.69 Å². The van der Waals surface area contributed by atoms with Gasteiger partial charge >= 0.3 is 0 Å². The van der Waals surface area contributed by atoms with Crippen LogP contribution in [0, 0.1) is 6.92 Å². The number of hydrogen-bond donors (Lipinski definition) is 0. The third kappa shape index (κ3) is 4.55. The van der Waals surface area contributed by atoms with Gasteiger partial charge < -0.3 is 4.90 Å².